The molecule has 0 aromatic heterocycles. The topological polar surface area (TPSA) is 64.6 Å². The van der Waals surface area contributed by atoms with Gasteiger partial charge in [-0.15, -0.1) is 0 Å². The molecule has 0 aliphatic rings. The predicted octanol–water partition coefficient (Wildman–Crippen LogP) is 2.90. The molecule has 1 atom stereocenters. The van der Waals surface area contributed by atoms with Crippen LogP contribution < -0.4 is 0 Å². The summed E-state index contributed by atoms with van der Waals surface area (Å²) in [7, 11) is 1.42. The third-order valence-electron chi connectivity index (χ3n) is 2.25. The molecule has 0 heterocycles. The molecule has 100 valence electrons. The van der Waals surface area contributed by atoms with Crippen LogP contribution in [0.1, 0.15) is 6.92 Å². The molecule has 0 fully saturated rings. The van der Waals surface area contributed by atoms with E-state index in [1.807, 2.05) is 0 Å². The first-order chi connectivity index (χ1) is 9.21. The average Bonchev–Trinajstić information content (AvgIpc) is 2.44. The van der Waals surface area contributed by atoms with E-state index in [2.05, 4.69) is 15.1 Å². The monoisotopic (exact) mass is 261 g/mol. The lowest BCUT2D eigenvalue weighted by atomic mass is 10.3. The van der Waals surface area contributed by atoms with Crippen LogP contribution in [0.3, 0.4) is 0 Å². The number of methoxy groups -OCH3 is 1. The molecule has 6 heteroatoms. The SMILES string of the molecule is [C-]#[N+]c1ccc(N=NCC(OC)C(=O)OCC)cc1. The second kappa shape index (κ2) is 7.95. The summed E-state index contributed by atoms with van der Waals surface area (Å²) in [5, 5.41) is 7.84. The first kappa shape index (κ1) is 14.8. The zero-order valence-corrected chi connectivity index (χ0v) is 10.9. The highest BCUT2D eigenvalue weighted by Crippen LogP contribution is 2.18. The average molecular weight is 261 g/mol. The van der Waals surface area contributed by atoms with Crippen molar-refractivity contribution in [3.8, 4) is 0 Å². The number of carbonyl (C=O) groups excluding carboxylic acids is 1. The summed E-state index contributed by atoms with van der Waals surface area (Å²) in [5.41, 5.74) is 1.16. The molecule has 1 aromatic rings. The fraction of sp³-hybridized carbons (Fsp3) is 0.385. The number of ether oxygens (including phenoxy) is 2. The summed E-state index contributed by atoms with van der Waals surface area (Å²) >= 11 is 0. The van der Waals surface area contributed by atoms with E-state index in [0.29, 0.717) is 18.0 Å². The van der Waals surface area contributed by atoms with Crippen LogP contribution in [0.25, 0.3) is 4.85 Å². The quantitative estimate of drug-likeness (QED) is 0.449. The minimum atomic E-state index is -0.744. The first-order valence-electron chi connectivity index (χ1n) is 5.75. The zero-order chi connectivity index (χ0) is 14.1. The highest BCUT2D eigenvalue weighted by atomic mass is 16.6. The summed E-state index contributed by atoms with van der Waals surface area (Å²) < 4.78 is 9.80. The van der Waals surface area contributed by atoms with Crippen molar-refractivity contribution >= 4 is 17.3 Å². The van der Waals surface area contributed by atoms with Crippen molar-refractivity contribution < 1.29 is 14.3 Å². The van der Waals surface area contributed by atoms with Crippen molar-refractivity contribution in [2.24, 2.45) is 10.2 Å². The molecule has 0 N–H and O–H groups in total. The maximum atomic E-state index is 11.4. The van der Waals surface area contributed by atoms with Gasteiger partial charge in [0.25, 0.3) is 0 Å². The molecule has 0 radical (unpaired) electrons. The van der Waals surface area contributed by atoms with Gasteiger partial charge in [0.15, 0.2) is 11.8 Å². The third kappa shape index (κ3) is 4.85. The van der Waals surface area contributed by atoms with E-state index in [9.17, 15) is 4.79 Å². The molecule has 0 aliphatic heterocycles. The van der Waals surface area contributed by atoms with E-state index in [-0.39, 0.29) is 6.54 Å². The molecule has 0 saturated carbocycles. The van der Waals surface area contributed by atoms with Crippen molar-refractivity contribution in [3.63, 3.8) is 0 Å². The Kier molecular flexibility index (Phi) is 6.19. The Morgan fingerprint density at radius 2 is 2.11 bits per heavy atom. The van der Waals surface area contributed by atoms with Crippen LogP contribution in [-0.2, 0) is 14.3 Å². The Morgan fingerprint density at radius 1 is 1.42 bits per heavy atom. The second-order valence-corrected chi connectivity index (χ2v) is 3.53. The van der Waals surface area contributed by atoms with Crippen molar-refractivity contribution in [2.45, 2.75) is 13.0 Å². The van der Waals surface area contributed by atoms with Gasteiger partial charge >= 0.3 is 5.97 Å². The number of azo groups is 1. The largest absolute Gasteiger partial charge is 0.464 e. The Morgan fingerprint density at radius 3 is 2.63 bits per heavy atom. The number of benzene rings is 1. The number of nitrogens with zero attached hydrogens (tertiary/aromatic N) is 3. The predicted molar refractivity (Wildman–Crippen MR) is 69.5 cm³/mol. The molecule has 0 spiro atoms. The summed E-state index contributed by atoms with van der Waals surface area (Å²) in [6.07, 6.45) is -0.744. The highest BCUT2D eigenvalue weighted by molar-refractivity contribution is 5.74. The van der Waals surface area contributed by atoms with E-state index in [0.717, 1.165) is 0 Å². The number of esters is 1. The molecule has 1 unspecified atom stereocenters. The van der Waals surface area contributed by atoms with Gasteiger partial charge in [-0.1, -0.05) is 12.1 Å². The van der Waals surface area contributed by atoms with E-state index in [4.69, 9.17) is 16.0 Å². The zero-order valence-electron chi connectivity index (χ0n) is 10.9. The van der Waals surface area contributed by atoms with Gasteiger partial charge in [-0.05, 0) is 19.1 Å². The maximum Gasteiger partial charge on any atom is 0.337 e. The van der Waals surface area contributed by atoms with Crippen LogP contribution in [0.5, 0.6) is 0 Å². The van der Waals surface area contributed by atoms with Crippen LogP contribution >= 0.6 is 0 Å². The standard InChI is InChI=1S/C13H15N3O3/c1-4-19-13(17)12(18-3)9-15-16-11-7-5-10(14-2)6-8-11/h5-8,12H,4,9H2,1,3H3. The van der Waals surface area contributed by atoms with Crippen molar-refractivity contribution in [1.82, 2.24) is 0 Å². The van der Waals surface area contributed by atoms with Gasteiger partial charge in [-0.3, -0.25) is 0 Å². The number of carbonyl (C=O) groups is 1. The molecule has 6 nitrogen and oxygen atoms in total. The molecule has 0 aliphatic carbocycles. The molecular weight excluding hydrogens is 246 g/mol. The third-order valence-corrected chi connectivity index (χ3v) is 2.25. The van der Waals surface area contributed by atoms with Crippen LogP contribution in [0.2, 0.25) is 0 Å². The van der Waals surface area contributed by atoms with Gasteiger partial charge in [0.2, 0.25) is 0 Å². The summed E-state index contributed by atoms with van der Waals surface area (Å²) in [4.78, 5) is 14.7. The van der Waals surface area contributed by atoms with Gasteiger partial charge in [0.05, 0.1) is 25.4 Å². The highest BCUT2D eigenvalue weighted by Gasteiger charge is 2.18. The summed E-state index contributed by atoms with van der Waals surface area (Å²) in [5.74, 6) is -0.452. The maximum absolute atomic E-state index is 11.4. The Balaban J connectivity index is 2.56. The lowest BCUT2D eigenvalue weighted by Gasteiger charge is -2.10. The van der Waals surface area contributed by atoms with E-state index in [1.165, 1.54) is 7.11 Å². The molecule has 1 rings (SSSR count). The number of hydrogen-bond donors (Lipinski definition) is 0. The number of rotatable bonds is 6. The fourth-order valence-electron chi connectivity index (χ4n) is 1.27. The molecular formula is C13H15N3O3. The summed E-state index contributed by atoms with van der Waals surface area (Å²) in [6, 6.07) is 6.67. The van der Waals surface area contributed by atoms with Crippen LogP contribution in [0.15, 0.2) is 34.5 Å². The minimum absolute atomic E-state index is 0.0971. The van der Waals surface area contributed by atoms with Gasteiger partial charge in [-0.25, -0.2) is 9.64 Å². The normalized spacial score (nSPS) is 12.1. The van der Waals surface area contributed by atoms with Gasteiger partial charge < -0.3 is 9.47 Å². The Bertz CT molecular complexity index is 477. The van der Waals surface area contributed by atoms with E-state index >= 15 is 0 Å². The van der Waals surface area contributed by atoms with Crippen LogP contribution in [-0.4, -0.2) is 32.3 Å². The fourth-order valence-corrected chi connectivity index (χ4v) is 1.27. The lowest BCUT2D eigenvalue weighted by molar-refractivity contribution is -0.154. The molecule has 0 amide bonds. The summed E-state index contributed by atoms with van der Waals surface area (Å²) in [6.45, 7) is 8.95. The van der Waals surface area contributed by atoms with Gasteiger partial charge in [0, 0.05) is 7.11 Å². The smallest absolute Gasteiger partial charge is 0.337 e. The molecule has 0 saturated heterocycles. The lowest BCUT2D eigenvalue weighted by Crippen LogP contribution is -2.28. The van der Waals surface area contributed by atoms with Gasteiger partial charge in [-0.2, -0.15) is 10.2 Å². The first-order valence-corrected chi connectivity index (χ1v) is 5.75. The molecule has 1 aromatic carbocycles. The van der Waals surface area contributed by atoms with Crippen molar-refractivity contribution in [3.05, 3.63) is 35.7 Å². The van der Waals surface area contributed by atoms with E-state index < -0.39 is 12.1 Å². The minimum Gasteiger partial charge on any atom is -0.464 e. The van der Waals surface area contributed by atoms with Gasteiger partial charge in [0.1, 0.15) is 0 Å². The molecule has 19 heavy (non-hydrogen) atoms. The molecule has 0 bridgehead atoms. The van der Waals surface area contributed by atoms with Crippen molar-refractivity contribution in [1.29, 1.82) is 0 Å². The van der Waals surface area contributed by atoms with Crippen LogP contribution in [0.4, 0.5) is 11.4 Å². The Labute approximate surface area is 111 Å². The van der Waals surface area contributed by atoms with Crippen molar-refractivity contribution in [2.75, 3.05) is 20.3 Å². The number of hydrogen-bond acceptors (Lipinski definition) is 5. The van der Waals surface area contributed by atoms with Crippen LogP contribution in [0, 0.1) is 6.57 Å². The second-order valence-electron chi connectivity index (χ2n) is 3.53. The van der Waals surface area contributed by atoms with E-state index in [1.54, 1.807) is 31.2 Å². The Hall–Kier alpha value is -2.26.